The lowest BCUT2D eigenvalue weighted by molar-refractivity contribution is 0.283. The van der Waals surface area contributed by atoms with Gasteiger partial charge >= 0.3 is 0 Å². The van der Waals surface area contributed by atoms with Crippen molar-refractivity contribution in [3.63, 3.8) is 0 Å². The van der Waals surface area contributed by atoms with Gasteiger partial charge in [0.2, 0.25) is 0 Å². The van der Waals surface area contributed by atoms with Crippen LogP contribution in [0.4, 0.5) is 0 Å². The zero-order chi connectivity index (χ0) is 12.6. The second-order valence-corrected chi connectivity index (χ2v) is 4.48. The number of hydrogen-bond donors (Lipinski definition) is 3. The van der Waals surface area contributed by atoms with E-state index in [0.717, 1.165) is 55.6 Å². The number of imidazole rings is 1. The smallest absolute Gasteiger partial charge is 0.108 e. The Balaban J connectivity index is 1.67. The molecule has 0 saturated heterocycles. The molecule has 0 radical (unpaired) electrons. The number of nitrogens with one attached hydrogen (secondary N) is 2. The maximum atomic E-state index is 8.65. The third kappa shape index (κ3) is 3.82. The highest BCUT2D eigenvalue weighted by Gasteiger charge is 2.00. The molecule has 0 bridgehead atoms. The van der Waals surface area contributed by atoms with Gasteiger partial charge in [0.1, 0.15) is 5.82 Å². The van der Waals surface area contributed by atoms with Crippen molar-refractivity contribution in [3.8, 4) is 0 Å². The zero-order valence-corrected chi connectivity index (χ0v) is 10.7. The third-order valence-electron chi connectivity index (χ3n) is 2.99. The van der Waals surface area contributed by atoms with Crippen LogP contribution in [0, 0.1) is 0 Å². The third-order valence-corrected chi connectivity index (χ3v) is 2.99. The molecular formula is C14H21N3O. The molecule has 98 valence electrons. The molecule has 0 amide bonds. The summed E-state index contributed by atoms with van der Waals surface area (Å²) < 4.78 is 0. The standard InChI is InChI=1S/C14H21N3O/c18-11-5-1-4-9-15-10-8-14-16-12-6-2-3-7-13(12)17-14/h2-3,6-7,15,18H,1,4-5,8-11H2,(H,16,17). The van der Waals surface area contributed by atoms with Gasteiger partial charge in [-0.3, -0.25) is 0 Å². The van der Waals surface area contributed by atoms with E-state index in [2.05, 4.69) is 15.3 Å². The van der Waals surface area contributed by atoms with E-state index < -0.39 is 0 Å². The summed E-state index contributed by atoms with van der Waals surface area (Å²) in [6, 6.07) is 8.10. The molecule has 0 fully saturated rings. The Morgan fingerprint density at radius 3 is 2.83 bits per heavy atom. The van der Waals surface area contributed by atoms with E-state index >= 15 is 0 Å². The highest BCUT2D eigenvalue weighted by Crippen LogP contribution is 2.10. The summed E-state index contributed by atoms with van der Waals surface area (Å²) >= 11 is 0. The minimum atomic E-state index is 0.305. The maximum Gasteiger partial charge on any atom is 0.108 e. The van der Waals surface area contributed by atoms with Gasteiger partial charge in [0.05, 0.1) is 11.0 Å². The molecule has 0 aliphatic heterocycles. The monoisotopic (exact) mass is 247 g/mol. The predicted octanol–water partition coefficient (Wildman–Crippen LogP) is 1.86. The topological polar surface area (TPSA) is 60.9 Å². The van der Waals surface area contributed by atoms with Crippen LogP contribution in [-0.2, 0) is 6.42 Å². The van der Waals surface area contributed by atoms with Crippen molar-refractivity contribution >= 4 is 11.0 Å². The van der Waals surface area contributed by atoms with Crippen LogP contribution in [0.3, 0.4) is 0 Å². The fourth-order valence-corrected chi connectivity index (χ4v) is 1.99. The SMILES string of the molecule is OCCCCCNCCc1nc2ccccc2[nH]1. The lowest BCUT2D eigenvalue weighted by atomic mass is 10.2. The normalized spacial score (nSPS) is 11.2. The van der Waals surface area contributed by atoms with Crippen molar-refractivity contribution in [1.82, 2.24) is 15.3 Å². The average Bonchev–Trinajstić information content (AvgIpc) is 2.80. The number of para-hydroxylation sites is 2. The molecule has 0 aliphatic rings. The maximum absolute atomic E-state index is 8.65. The molecule has 0 spiro atoms. The van der Waals surface area contributed by atoms with E-state index in [1.54, 1.807) is 0 Å². The highest BCUT2D eigenvalue weighted by molar-refractivity contribution is 5.74. The molecular weight excluding hydrogens is 226 g/mol. The fourth-order valence-electron chi connectivity index (χ4n) is 1.99. The van der Waals surface area contributed by atoms with Crippen molar-refractivity contribution in [1.29, 1.82) is 0 Å². The van der Waals surface area contributed by atoms with Crippen LogP contribution in [-0.4, -0.2) is 34.8 Å². The van der Waals surface area contributed by atoms with Crippen LogP contribution < -0.4 is 5.32 Å². The summed E-state index contributed by atoms with van der Waals surface area (Å²) in [7, 11) is 0. The van der Waals surface area contributed by atoms with Crippen LogP contribution in [0.1, 0.15) is 25.1 Å². The number of unbranched alkanes of at least 4 members (excludes halogenated alkanes) is 2. The lowest BCUT2D eigenvalue weighted by Gasteiger charge is -2.02. The first kappa shape index (κ1) is 13.1. The Bertz CT molecular complexity index is 434. The predicted molar refractivity (Wildman–Crippen MR) is 73.6 cm³/mol. The Morgan fingerprint density at radius 1 is 1.11 bits per heavy atom. The number of rotatable bonds is 8. The van der Waals surface area contributed by atoms with Gasteiger partial charge in [0.15, 0.2) is 0 Å². The summed E-state index contributed by atoms with van der Waals surface area (Å²) in [5, 5.41) is 12.0. The van der Waals surface area contributed by atoms with Crippen LogP contribution in [0.2, 0.25) is 0 Å². The summed E-state index contributed by atoms with van der Waals surface area (Å²) in [6.07, 6.45) is 4.05. The first-order chi connectivity index (χ1) is 8.90. The number of hydrogen-bond acceptors (Lipinski definition) is 3. The number of benzene rings is 1. The molecule has 4 nitrogen and oxygen atoms in total. The van der Waals surface area contributed by atoms with Crippen molar-refractivity contribution in [3.05, 3.63) is 30.1 Å². The first-order valence-corrected chi connectivity index (χ1v) is 6.65. The molecule has 0 atom stereocenters. The molecule has 0 saturated carbocycles. The molecule has 1 heterocycles. The minimum Gasteiger partial charge on any atom is -0.396 e. The van der Waals surface area contributed by atoms with Crippen molar-refractivity contribution in [2.45, 2.75) is 25.7 Å². The Hall–Kier alpha value is -1.39. The number of aromatic nitrogens is 2. The Labute approximate surface area is 107 Å². The van der Waals surface area contributed by atoms with Gasteiger partial charge in [-0.2, -0.15) is 0 Å². The van der Waals surface area contributed by atoms with Gasteiger partial charge in [-0.05, 0) is 37.9 Å². The van der Waals surface area contributed by atoms with Crippen LogP contribution in [0.5, 0.6) is 0 Å². The molecule has 4 heteroatoms. The van der Waals surface area contributed by atoms with Crippen molar-refractivity contribution < 1.29 is 5.11 Å². The number of fused-ring (bicyclic) bond motifs is 1. The summed E-state index contributed by atoms with van der Waals surface area (Å²) in [4.78, 5) is 7.85. The van der Waals surface area contributed by atoms with Crippen LogP contribution in [0.15, 0.2) is 24.3 Å². The number of aromatic amines is 1. The summed E-state index contributed by atoms with van der Waals surface area (Å²) in [5.41, 5.74) is 2.14. The van der Waals surface area contributed by atoms with Gasteiger partial charge in [-0.15, -0.1) is 0 Å². The number of nitrogens with zero attached hydrogens (tertiary/aromatic N) is 1. The molecule has 0 aliphatic carbocycles. The van der Waals surface area contributed by atoms with Gasteiger partial charge in [0.25, 0.3) is 0 Å². The van der Waals surface area contributed by atoms with E-state index in [-0.39, 0.29) is 0 Å². The molecule has 3 N–H and O–H groups in total. The van der Waals surface area contributed by atoms with Gasteiger partial charge in [-0.25, -0.2) is 4.98 Å². The molecule has 0 unspecified atom stereocenters. The van der Waals surface area contributed by atoms with Gasteiger partial charge < -0.3 is 15.4 Å². The molecule has 1 aromatic carbocycles. The highest BCUT2D eigenvalue weighted by atomic mass is 16.2. The van der Waals surface area contributed by atoms with Gasteiger partial charge in [0, 0.05) is 19.6 Å². The molecule has 2 aromatic rings. The lowest BCUT2D eigenvalue weighted by Crippen LogP contribution is -2.19. The average molecular weight is 247 g/mol. The zero-order valence-electron chi connectivity index (χ0n) is 10.7. The Kier molecular flexibility index (Phi) is 5.17. The van der Waals surface area contributed by atoms with Crippen LogP contribution >= 0.6 is 0 Å². The Morgan fingerprint density at radius 2 is 2.00 bits per heavy atom. The second-order valence-electron chi connectivity index (χ2n) is 4.48. The van der Waals surface area contributed by atoms with Crippen molar-refractivity contribution in [2.75, 3.05) is 19.7 Å². The summed E-state index contributed by atoms with van der Waals surface area (Å²) in [5.74, 6) is 1.04. The van der Waals surface area contributed by atoms with Gasteiger partial charge in [-0.1, -0.05) is 12.1 Å². The number of aliphatic hydroxyl groups is 1. The molecule has 18 heavy (non-hydrogen) atoms. The van der Waals surface area contributed by atoms with E-state index in [1.165, 1.54) is 0 Å². The molecule has 1 aromatic heterocycles. The van der Waals surface area contributed by atoms with E-state index in [4.69, 9.17) is 5.11 Å². The number of aliphatic hydroxyl groups excluding tert-OH is 1. The largest absolute Gasteiger partial charge is 0.396 e. The molecule has 2 rings (SSSR count). The summed E-state index contributed by atoms with van der Waals surface area (Å²) in [6.45, 7) is 2.26. The minimum absolute atomic E-state index is 0.305. The van der Waals surface area contributed by atoms with E-state index in [1.807, 2.05) is 24.3 Å². The van der Waals surface area contributed by atoms with Crippen molar-refractivity contribution in [2.24, 2.45) is 0 Å². The van der Waals surface area contributed by atoms with E-state index in [0.29, 0.717) is 6.61 Å². The second kappa shape index (κ2) is 7.13. The fraction of sp³-hybridized carbons (Fsp3) is 0.500. The first-order valence-electron chi connectivity index (χ1n) is 6.65. The van der Waals surface area contributed by atoms with Crippen LogP contribution in [0.25, 0.3) is 11.0 Å². The quantitative estimate of drug-likeness (QED) is 0.624. The van der Waals surface area contributed by atoms with E-state index in [9.17, 15) is 0 Å². The number of H-pyrrole nitrogens is 1.